The molecular formula is C17H26ClNO. The molecule has 1 atom stereocenters. The zero-order valence-electron chi connectivity index (χ0n) is 12.4. The summed E-state index contributed by atoms with van der Waals surface area (Å²) in [7, 11) is 0. The molecule has 1 fully saturated rings. The van der Waals surface area contributed by atoms with Crippen molar-refractivity contribution in [2.24, 2.45) is 0 Å². The summed E-state index contributed by atoms with van der Waals surface area (Å²) in [6, 6.07) is 8.26. The van der Waals surface area contributed by atoms with Crippen LogP contribution in [0.25, 0.3) is 0 Å². The molecule has 2 rings (SSSR count). The van der Waals surface area contributed by atoms with E-state index in [9.17, 15) is 5.11 Å². The van der Waals surface area contributed by atoms with Gasteiger partial charge in [-0.3, -0.25) is 0 Å². The lowest BCUT2D eigenvalue weighted by Crippen LogP contribution is -2.37. The highest BCUT2D eigenvalue weighted by Crippen LogP contribution is 2.24. The molecule has 112 valence electrons. The van der Waals surface area contributed by atoms with E-state index >= 15 is 0 Å². The van der Waals surface area contributed by atoms with Crippen LogP contribution in [0.5, 0.6) is 0 Å². The van der Waals surface area contributed by atoms with Gasteiger partial charge < -0.3 is 10.0 Å². The second-order valence-corrected chi connectivity index (χ2v) is 6.21. The fourth-order valence-corrected chi connectivity index (χ4v) is 3.31. The van der Waals surface area contributed by atoms with Gasteiger partial charge in [-0.1, -0.05) is 49.9 Å². The van der Waals surface area contributed by atoms with Gasteiger partial charge in [0.05, 0.1) is 6.10 Å². The summed E-state index contributed by atoms with van der Waals surface area (Å²) in [5.41, 5.74) is 0.967. The summed E-state index contributed by atoms with van der Waals surface area (Å²) in [5, 5.41) is 11.0. The minimum atomic E-state index is -0.384. The van der Waals surface area contributed by atoms with Crippen molar-refractivity contribution < 1.29 is 5.11 Å². The summed E-state index contributed by atoms with van der Waals surface area (Å²) in [6.07, 6.45) is 7.18. The molecule has 1 aliphatic carbocycles. The van der Waals surface area contributed by atoms with E-state index in [-0.39, 0.29) is 6.10 Å². The molecule has 1 unspecified atom stereocenters. The molecule has 20 heavy (non-hydrogen) atoms. The van der Waals surface area contributed by atoms with Gasteiger partial charge in [-0.05, 0) is 43.5 Å². The van der Waals surface area contributed by atoms with Crippen molar-refractivity contribution in [1.29, 1.82) is 0 Å². The van der Waals surface area contributed by atoms with Crippen LogP contribution in [-0.4, -0.2) is 29.1 Å². The van der Waals surface area contributed by atoms with Crippen LogP contribution in [0.2, 0.25) is 5.02 Å². The predicted octanol–water partition coefficient (Wildman–Crippen LogP) is 4.42. The summed E-state index contributed by atoms with van der Waals surface area (Å²) < 4.78 is 0. The average Bonchev–Trinajstić information content (AvgIpc) is 2.49. The number of aliphatic hydroxyl groups is 1. The Morgan fingerprint density at radius 2 is 1.85 bits per heavy atom. The highest BCUT2D eigenvalue weighted by atomic mass is 35.5. The SMILES string of the molecule is CCN(CCC(O)c1ccc(Cl)cc1)C1CCCCC1. The molecule has 0 radical (unpaired) electrons. The highest BCUT2D eigenvalue weighted by Gasteiger charge is 2.20. The molecule has 2 nitrogen and oxygen atoms in total. The van der Waals surface area contributed by atoms with Crippen molar-refractivity contribution in [1.82, 2.24) is 4.90 Å². The molecule has 0 spiro atoms. The van der Waals surface area contributed by atoms with E-state index in [1.54, 1.807) is 0 Å². The van der Waals surface area contributed by atoms with Crippen molar-refractivity contribution in [3.05, 3.63) is 34.9 Å². The number of nitrogens with zero attached hydrogens (tertiary/aromatic N) is 1. The van der Waals surface area contributed by atoms with Crippen molar-refractivity contribution in [3.63, 3.8) is 0 Å². The summed E-state index contributed by atoms with van der Waals surface area (Å²) in [5.74, 6) is 0. The van der Waals surface area contributed by atoms with Crippen LogP contribution >= 0.6 is 11.6 Å². The molecule has 0 heterocycles. The Bertz CT molecular complexity index is 386. The number of halogens is 1. The first-order valence-electron chi connectivity index (χ1n) is 7.88. The van der Waals surface area contributed by atoms with Gasteiger partial charge in [-0.15, -0.1) is 0 Å². The summed E-state index contributed by atoms with van der Waals surface area (Å²) in [4.78, 5) is 2.54. The normalized spacial score (nSPS) is 18.4. The summed E-state index contributed by atoms with van der Waals surface area (Å²) >= 11 is 5.88. The van der Waals surface area contributed by atoms with Crippen LogP contribution in [-0.2, 0) is 0 Å². The number of rotatable bonds is 6. The van der Waals surface area contributed by atoms with E-state index in [1.807, 2.05) is 24.3 Å². The topological polar surface area (TPSA) is 23.5 Å². The zero-order chi connectivity index (χ0) is 14.4. The minimum Gasteiger partial charge on any atom is -0.388 e. The van der Waals surface area contributed by atoms with E-state index in [0.717, 1.165) is 36.1 Å². The van der Waals surface area contributed by atoms with E-state index in [1.165, 1.54) is 32.1 Å². The first-order valence-corrected chi connectivity index (χ1v) is 8.26. The minimum absolute atomic E-state index is 0.384. The van der Waals surface area contributed by atoms with Crippen molar-refractivity contribution in [2.45, 2.75) is 57.6 Å². The second-order valence-electron chi connectivity index (χ2n) is 5.78. The van der Waals surface area contributed by atoms with Gasteiger partial charge in [-0.2, -0.15) is 0 Å². The molecule has 1 aliphatic rings. The lowest BCUT2D eigenvalue weighted by molar-refractivity contribution is 0.112. The Morgan fingerprint density at radius 1 is 1.20 bits per heavy atom. The van der Waals surface area contributed by atoms with Crippen LogP contribution in [0, 0.1) is 0 Å². The quantitative estimate of drug-likeness (QED) is 0.840. The van der Waals surface area contributed by atoms with Crippen molar-refractivity contribution >= 4 is 11.6 Å². The van der Waals surface area contributed by atoms with Crippen LogP contribution in [0.1, 0.15) is 57.1 Å². The third kappa shape index (κ3) is 4.47. The monoisotopic (exact) mass is 295 g/mol. The van der Waals surface area contributed by atoms with Crippen LogP contribution in [0.4, 0.5) is 0 Å². The van der Waals surface area contributed by atoms with Gasteiger partial charge in [0.15, 0.2) is 0 Å². The summed E-state index contributed by atoms with van der Waals surface area (Å²) in [6.45, 7) is 4.28. The third-order valence-corrected chi connectivity index (χ3v) is 4.69. The largest absolute Gasteiger partial charge is 0.388 e. The first kappa shape index (κ1) is 15.8. The standard InChI is InChI=1S/C17H26ClNO/c1-2-19(16-6-4-3-5-7-16)13-12-17(20)14-8-10-15(18)11-9-14/h8-11,16-17,20H,2-7,12-13H2,1H3. The lowest BCUT2D eigenvalue weighted by atomic mass is 9.94. The molecule has 0 saturated heterocycles. The Morgan fingerprint density at radius 3 is 2.45 bits per heavy atom. The highest BCUT2D eigenvalue weighted by molar-refractivity contribution is 6.30. The van der Waals surface area contributed by atoms with Crippen LogP contribution in [0.15, 0.2) is 24.3 Å². The smallest absolute Gasteiger partial charge is 0.0802 e. The van der Waals surface area contributed by atoms with Crippen LogP contribution < -0.4 is 0 Å². The van der Waals surface area contributed by atoms with E-state index < -0.39 is 0 Å². The van der Waals surface area contributed by atoms with Gasteiger partial charge in [0.2, 0.25) is 0 Å². The maximum atomic E-state index is 10.3. The maximum absolute atomic E-state index is 10.3. The van der Waals surface area contributed by atoms with Crippen molar-refractivity contribution in [2.75, 3.05) is 13.1 Å². The molecule has 3 heteroatoms. The molecule has 1 aromatic rings. The first-order chi connectivity index (χ1) is 9.70. The maximum Gasteiger partial charge on any atom is 0.0802 e. The Balaban J connectivity index is 1.84. The molecule has 0 amide bonds. The van der Waals surface area contributed by atoms with Gasteiger partial charge in [0.25, 0.3) is 0 Å². The number of hydrogen-bond donors (Lipinski definition) is 1. The number of aliphatic hydroxyl groups excluding tert-OH is 1. The third-order valence-electron chi connectivity index (χ3n) is 4.44. The molecule has 0 aliphatic heterocycles. The Kier molecular flexibility index (Phi) is 6.34. The van der Waals surface area contributed by atoms with Gasteiger partial charge in [-0.25, -0.2) is 0 Å². The van der Waals surface area contributed by atoms with Gasteiger partial charge >= 0.3 is 0 Å². The molecule has 1 saturated carbocycles. The van der Waals surface area contributed by atoms with Crippen LogP contribution in [0.3, 0.4) is 0 Å². The molecular weight excluding hydrogens is 270 g/mol. The van der Waals surface area contributed by atoms with Gasteiger partial charge in [0.1, 0.15) is 0 Å². The van der Waals surface area contributed by atoms with Gasteiger partial charge in [0, 0.05) is 17.6 Å². The van der Waals surface area contributed by atoms with Crippen molar-refractivity contribution in [3.8, 4) is 0 Å². The Labute approximate surface area is 127 Å². The predicted molar refractivity (Wildman–Crippen MR) is 85.1 cm³/mol. The molecule has 1 N–H and O–H groups in total. The van der Waals surface area contributed by atoms with E-state index in [4.69, 9.17) is 11.6 Å². The fraction of sp³-hybridized carbons (Fsp3) is 0.647. The fourth-order valence-electron chi connectivity index (χ4n) is 3.18. The second kappa shape index (κ2) is 8.02. The number of benzene rings is 1. The molecule has 0 aromatic heterocycles. The average molecular weight is 296 g/mol. The van der Waals surface area contributed by atoms with E-state index in [2.05, 4.69) is 11.8 Å². The Hall–Kier alpha value is -0.570. The molecule has 0 bridgehead atoms. The lowest BCUT2D eigenvalue weighted by Gasteiger charge is -2.34. The zero-order valence-corrected chi connectivity index (χ0v) is 13.1. The number of hydrogen-bond acceptors (Lipinski definition) is 2. The van der Waals surface area contributed by atoms with E-state index in [0.29, 0.717) is 0 Å². The molecule has 1 aromatic carbocycles.